The van der Waals surface area contributed by atoms with E-state index in [2.05, 4.69) is 84.9 Å². The molecule has 5 nitrogen and oxygen atoms in total. The highest BCUT2D eigenvalue weighted by atomic mass is 32.2. The Kier molecular flexibility index (Phi) is 6.24. The molecule has 35 heavy (non-hydrogen) atoms. The van der Waals surface area contributed by atoms with Crippen LogP contribution in [0.25, 0.3) is 17.1 Å². The van der Waals surface area contributed by atoms with Gasteiger partial charge in [-0.15, -0.1) is 10.2 Å². The summed E-state index contributed by atoms with van der Waals surface area (Å²) in [5, 5.41) is 9.82. The maximum Gasteiger partial charge on any atom is 0.237 e. The van der Waals surface area contributed by atoms with E-state index in [1.807, 2.05) is 35.2 Å². The molecule has 4 aromatic rings. The van der Waals surface area contributed by atoms with Crippen LogP contribution in [0.5, 0.6) is 0 Å². The highest BCUT2D eigenvalue weighted by Crippen LogP contribution is 2.33. The van der Waals surface area contributed by atoms with Gasteiger partial charge < -0.3 is 4.90 Å². The number of benzene rings is 3. The van der Waals surface area contributed by atoms with E-state index in [0.29, 0.717) is 5.75 Å². The SMILES string of the molecule is Cc1ccccc1-n1c(SCC(=O)N2CCc3ccccc32)nnc1-c1ccc(C(C)(C)C)cc1. The zero-order valence-corrected chi connectivity index (χ0v) is 21.5. The first kappa shape index (κ1) is 23.4. The number of hydrogen-bond acceptors (Lipinski definition) is 4. The predicted molar refractivity (Wildman–Crippen MR) is 143 cm³/mol. The smallest absolute Gasteiger partial charge is 0.237 e. The molecule has 0 spiro atoms. The molecule has 1 aliphatic rings. The van der Waals surface area contributed by atoms with E-state index in [1.54, 1.807) is 0 Å². The van der Waals surface area contributed by atoms with Crippen molar-refractivity contribution in [1.29, 1.82) is 0 Å². The monoisotopic (exact) mass is 482 g/mol. The van der Waals surface area contributed by atoms with Crippen molar-refractivity contribution in [3.63, 3.8) is 0 Å². The lowest BCUT2D eigenvalue weighted by Crippen LogP contribution is -2.30. The van der Waals surface area contributed by atoms with Crippen LogP contribution in [0.4, 0.5) is 5.69 Å². The van der Waals surface area contributed by atoms with E-state index < -0.39 is 0 Å². The molecule has 3 aromatic carbocycles. The van der Waals surface area contributed by atoms with Gasteiger partial charge in [0.1, 0.15) is 0 Å². The van der Waals surface area contributed by atoms with Gasteiger partial charge in [-0.1, -0.05) is 93.2 Å². The van der Waals surface area contributed by atoms with Gasteiger partial charge in [0.25, 0.3) is 0 Å². The van der Waals surface area contributed by atoms with E-state index in [4.69, 9.17) is 0 Å². The summed E-state index contributed by atoms with van der Waals surface area (Å²) in [6, 6.07) is 24.9. The summed E-state index contributed by atoms with van der Waals surface area (Å²) in [5.74, 6) is 1.18. The number of para-hydroxylation sites is 2. The number of carbonyl (C=O) groups is 1. The number of nitrogens with zero attached hydrogens (tertiary/aromatic N) is 4. The number of hydrogen-bond donors (Lipinski definition) is 0. The largest absolute Gasteiger partial charge is 0.311 e. The minimum Gasteiger partial charge on any atom is -0.311 e. The molecule has 0 bridgehead atoms. The second-order valence-corrected chi connectivity index (χ2v) is 10.9. The Bertz CT molecular complexity index is 1370. The van der Waals surface area contributed by atoms with Crippen LogP contribution in [0, 0.1) is 6.92 Å². The zero-order valence-electron chi connectivity index (χ0n) is 20.7. The standard InChI is InChI=1S/C29H30N4OS/c1-20-9-5-7-11-24(20)33-27(22-13-15-23(16-14-22)29(2,3)4)30-31-28(33)35-19-26(34)32-18-17-21-10-6-8-12-25(21)32/h5-16H,17-19H2,1-4H3. The molecule has 0 atom stereocenters. The molecule has 0 aliphatic carbocycles. The first-order chi connectivity index (χ1) is 16.8. The molecule has 1 amide bonds. The van der Waals surface area contributed by atoms with Gasteiger partial charge in [-0.25, -0.2) is 0 Å². The molecule has 0 N–H and O–H groups in total. The molecule has 0 saturated carbocycles. The molecule has 6 heteroatoms. The summed E-state index contributed by atoms with van der Waals surface area (Å²) in [4.78, 5) is 15.0. The fourth-order valence-electron chi connectivity index (χ4n) is 4.50. The average molecular weight is 483 g/mol. The number of aromatic nitrogens is 3. The van der Waals surface area contributed by atoms with E-state index in [9.17, 15) is 4.79 Å². The third kappa shape index (κ3) is 4.63. The highest BCUT2D eigenvalue weighted by Gasteiger charge is 2.25. The van der Waals surface area contributed by atoms with Crippen molar-refractivity contribution < 1.29 is 4.79 Å². The Morgan fingerprint density at radius 2 is 1.60 bits per heavy atom. The Morgan fingerprint density at radius 3 is 2.31 bits per heavy atom. The number of aryl methyl sites for hydroxylation is 1. The summed E-state index contributed by atoms with van der Waals surface area (Å²) in [7, 11) is 0. The minimum atomic E-state index is 0.0811. The van der Waals surface area contributed by atoms with Crippen LogP contribution in [0.1, 0.15) is 37.5 Å². The van der Waals surface area contributed by atoms with Gasteiger partial charge in [-0.05, 0) is 47.6 Å². The molecule has 0 fully saturated rings. The molecule has 1 aliphatic heterocycles. The van der Waals surface area contributed by atoms with Gasteiger partial charge in [-0.3, -0.25) is 9.36 Å². The second-order valence-electron chi connectivity index (χ2n) is 9.97. The maximum absolute atomic E-state index is 13.2. The lowest BCUT2D eigenvalue weighted by Gasteiger charge is -2.19. The van der Waals surface area contributed by atoms with Crippen molar-refractivity contribution in [3.05, 3.63) is 89.5 Å². The van der Waals surface area contributed by atoms with Crippen molar-refractivity contribution >= 4 is 23.4 Å². The third-order valence-corrected chi connectivity index (χ3v) is 7.43. The number of rotatable bonds is 5. The molecule has 0 radical (unpaired) electrons. The Hall–Kier alpha value is -3.38. The van der Waals surface area contributed by atoms with Crippen LogP contribution in [0.2, 0.25) is 0 Å². The summed E-state index contributed by atoms with van der Waals surface area (Å²) in [6.07, 6.45) is 0.903. The van der Waals surface area contributed by atoms with Gasteiger partial charge in [0, 0.05) is 17.8 Å². The molecule has 0 saturated heterocycles. The van der Waals surface area contributed by atoms with Crippen LogP contribution < -0.4 is 4.90 Å². The first-order valence-electron chi connectivity index (χ1n) is 12.0. The molecule has 1 aromatic heterocycles. The minimum absolute atomic E-state index is 0.0811. The van der Waals surface area contributed by atoms with E-state index in [0.717, 1.165) is 46.4 Å². The molecule has 0 unspecified atom stereocenters. The zero-order chi connectivity index (χ0) is 24.6. The fraction of sp³-hybridized carbons (Fsp3) is 0.276. The van der Waals surface area contributed by atoms with Gasteiger partial charge in [-0.2, -0.15) is 0 Å². The van der Waals surface area contributed by atoms with Crippen LogP contribution in [-0.2, 0) is 16.6 Å². The number of fused-ring (bicyclic) bond motifs is 1. The normalized spacial score (nSPS) is 13.2. The van der Waals surface area contributed by atoms with Gasteiger partial charge in [0.15, 0.2) is 11.0 Å². The van der Waals surface area contributed by atoms with Gasteiger partial charge >= 0.3 is 0 Å². The highest BCUT2D eigenvalue weighted by molar-refractivity contribution is 7.99. The Labute approximate surface area is 211 Å². The van der Waals surface area contributed by atoms with Crippen molar-refractivity contribution in [2.45, 2.75) is 44.7 Å². The summed E-state index contributed by atoms with van der Waals surface area (Å²) < 4.78 is 2.08. The van der Waals surface area contributed by atoms with E-state index in [-0.39, 0.29) is 11.3 Å². The second kappa shape index (κ2) is 9.34. The van der Waals surface area contributed by atoms with Crippen LogP contribution in [-0.4, -0.2) is 33.0 Å². The van der Waals surface area contributed by atoms with Crippen molar-refractivity contribution in [2.24, 2.45) is 0 Å². The molecular formula is C29H30N4OS. The predicted octanol–water partition coefficient (Wildman–Crippen LogP) is 6.22. The number of amides is 1. The topological polar surface area (TPSA) is 51.0 Å². The first-order valence-corrected chi connectivity index (χ1v) is 12.9. The lowest BCUT2D eigenvalue weighted by molar-refractivity contribution is -0.116. The summed E-state index contributed by atoms with van der Waals surface area (Å²) in [5.41, 5.74) is 6.76. The molecule has 5 rings (SSSR count). The quantitative estimate of drug-likeness (QED) is 0.317. The van der Waals surface area contributed by atoms with Crippen molar-refractivity contribution in [1.82, 2.24) is 14.8 Å². The van der Waals surface area contributed by atoms with Gasteiger partial charge in [0.2, 0.25) is 5.91 Å². The fourth-order valence-corrected chi connectivity index (χ4v) is 5.32. The van der Waals surface area contributed by atoms with Crippen molar-refractivity contribution in [3.8, 4) is 17.1 Å². The van der Waals surface area contributed by atoms with Gasteiger partial charge in [0.05, 0.1) is 11.4 Å². The third-order valence-electron chi connectivity index (χ3n) is 6.51. The Morgan fingerprint density at radius 1 is 0.914 bits per heavy atom. The molecule has 2 heterocycles. The number of thioether (sulfide) groups is 1. The van der Waals surface area contributed by atoms with E-state index >= 15 is 0 Å². The van der Waals surface area contributed by atoms with E-state index in [1.165, 1.54) is 22.9 Å². The number of anilines is 1. The summed E-state index contributed by atoms with van der Waals surface area (Å²) in [6.45, 7) is 9.45. The van der Waals surface area contributed by atoms with Crippen LogP contribution in [0.3, 0.4) is 0 Å². The average Bonchev–Trinajstić information content (AvgIpc) is 3.47. The maximum atomic E-state index is 13.2. The van der Waals surface area contributed by atoms with Crippen molar-refractivity contribution in [2.75, 3.05) is 17.2 Å². The van der Waals surface area contributed by atoms with Crippen LogP contribution >= 0.6 is 11.8 Å². The number of carbonyl (C=O) groups excluding carboxylic acids is 1. The summed E-state index contributed by atoms with van der Waals surface area (Å²) >= 11 is 1.44. The molecular weight excluding hydrogens is 452 g/mol. The molecule has 178 valence electrons. The van der Waals surface area contributed by atoms with Crippen LogP contribution in [0.15, 0.2) is 78.0 Å². The lowest BCUT2D eigenvalue weighted by atomic mass is 9.87. The Balaban J connectivity index is 1.46.